The SMILES string of the molecule is COCC(C)c1noc(C)n1. The molecular formula is C7H12N2O2. The van der Waals surface area contributed by atoms with Crippen molar-refractivity contribution < 1.29 is 9.26 Å². The molecule has 1 heterocycles. The van der Waals surface area contributed by atoms with Crippen molar-refractivity contribution in [3.63, 3.8) is 0 Å². The van der Waals surface area contributed by atoms with Gasteiger partial charge >= 0.3 is 0 Å². The van der Waals surface area contributed by atoms with Gasteiger partial charge in [-0.3, -0.25) is 0 Å². The Morgan fingerprint density at radius 3 is 2.82 bits per heavy atom. The number of nitrogens with zero attached hydrogens (tertiary/aromatic N) is 2. The summed E-state index contributed by atoms with van der Waals surface area (Å²) in [5.74, 6) is 1.52. The second kappa shape index (κ2) is 3.48. The van der Waals surface area contributed by atoms with E-state index in [0.29, 0.717) is 18.3 Å². The minimum atomic E-state index is 0.206. The Labute approximate surface area is 65.6 Å². The Hall–Kier alpha value is -0.900. The first-order valence-corrected chi connectivity index (χ1v) is 3.53. The van der Waals surface area contributed by atoms with Crippen LogP contribution in [0, 0.1) is 6.92 Å². The number of hydrogen-bond acceptors (Lipinski definition) is 4. The van der Waals surface area contributed by atoms with Gasteiger partial charge in [-0.15, -0.1) is 0 Å². The van der Waals surface area contributed by atoms with E-state index >= 15 is 0 Å². The second-order valence-electron chi connectivity index (χ2n) is 2.53. The topological polar surface area (TPSA) is 48.2 Å². The van der Waals surface area contributed by atoms with E-state index in [1.54, 1.807) is 14.0 Å². The molecule has 0 bridgehead atoms. The highest BCUT2D eigenvalue weighted by molar-refractivity contribution is 4.91. The lowest BCUT2D eigenvalue weighted by Crippen LogP contribution is -2.03. The summed E-state index contributed by atoms with van der Waals surface area (Å²) in [6.45, 7) is 4.39. The van der Waals surface area contributed by atoms with Gasteiger partial charge in [-0.2, -0.15) is 4.98 Å². The lowest BCUT2D eigenvalue weighted by molar-refractivity contribution is 0.180. The monoisotopic (exact) mass is 156 g/mol. The van der Waals surface area contributed by atoms with Gasteiger partial charge in [0.1, 0.15) is 0 Å². The summed E-state index contributed by atoms with van der Waals surface area (Å²) in [6.07, 6.45) is 0. The van der Waals surface area contributed by atoms with Crippen molar-refractivity contribution in [1.29, 1.82) is 0 Å². The van der Waals surface area contributed by atoms with Crippen LogP contribution in [0.4, 0.5) is 0 Å². The van der Waals surface area contributed by atoms with E-state index in [9.17, 15) is 0 Å². The molecular weight excluding hydrogens is 144 g/mol. The van der Waals surface area contributed by atoms with Crippen molar-refractivity contribution in [1.82, 2.24) is 10.1 Å². The van der Waals surface area contributed by atoms with Gasteiger partial charge in [0.15, 0.2) is 5.82 Å². The maximum Gasteiger partial charge on any atom is 0.223 e. The number of hydrogen-bond donors (Lipinski definition) is 0. The average molecular weight is 156 g/mol. The molecule has 0 aliphatic rings. The highest BCUT2D eigenvalue weighted by Crippen LogP contribution is 2.10. The van der Waals surface area contributed by atoms with Crippen molar-refractivity contribution in [2.45, 2.75) is 19.8 Å². The van der Waals surface area contributed by atoms with Crippen LogP contribution in [0.5, 0.6) is 0 Å². The molecule has 1 atom stereocenters. The Kier molecular flexibility index (Phi) is 2.59. The molecule has 1 aromatic heterocycles. The van der Waals surface area contributed by atoms with Crippen molar-refractivity contribution >= 4 is 0 Å². The van der Waals surface area contributed by atoms with E-state index in [1.165, 1.54) is 0 Å². The maximum atomic E-state index is 4.95. The highest BCUT2D eigenvalue weighted by atomic mass is 16.5. The highest BCUT2D eigenvalue weighted by Gasteiger charge is 2.10. The van der Waals surface area contributed by atoms with Gasteiger partial charge in [0.05, 0.1) is 6.61 Å². The van der Waals surface area contributed by atoms with E-state index in [4.69, 9.17) is 9.26 Å². The van der Waals surface area contributed by atoms with Crippen LogP contribution >= 0.6 is 0 Å². The van der Waals surface area contributed by atoms with Gasteiger partial charge in [-0.1, -0.05) is 12.1 Å². The maximum absolute atomic E-state index is 4.95. The first-order valence-electron chi connectivity index (χ1n) is 3.53. The van der Waals surface area contributed by atoms with Crippen LogP contribution in [0.2, 0.25) is 0 Å². The first kappa shape index (κ1) is 8.20. The van der Waals surface area contributed by atoms with E-state index in [0.717, 1.165) is 0 Å². The Morgan fingerprint density at radius 1 is 1.64 bits per heavy atom. The Morgan fingerprint density at radius 2 is 2.36 bits per heavy atom. The quantitative estimate of drug-likeness (QED) is 0.658. The lowest BCUT2D eigenvalue weighted by atomic mass is 10.2. The predicted octanol–water partition coefficient (Wildman–Crippen LogP) is 1.13. The smallest absolute Gasteiger partial charge is 0.223 e. The van der Waals surface area contributed by atoms with Crippen LogP contribution in [0.25, 0.3) is 0 Å². The zero-order chi connectivity index (χ0) is 8.27. The Balaban J connectivity index is 2.60. The van der Waals surface area contributed by atoms with Crippen LogP contribution < -0.4 is 0 Å². The van der Waals surface area contributed by atoms with E-state index in [1.807, 2.05) is 6.92 Å². The van der Waals surface area contributed by atoms with Gasteiger partial charge < -0.3 is 9.26 Å². The number of ether oxygens (including phenoxy) is 1. The zero-order valence-electron chi connectivity index (χ0n) is 7.00. The first-order chi connectivity index (χ1) is 5.24. The predicted molar refractivity (Wildman–Crippen MR) is 39.3 cm³/mol. The standard InChI is InChI=1S/C7H12N2O2/c1-5(4-10-3)7-8-6(2)11-9-7/h5H,4H2,1-3H3. The third-order valence-electron chi connectivity index (χ3n) is 1.40. The summed E-state index contributed by atoms with van der Waals surface area (Å²) >= 11 is 0. The van der Waals surface area contributed by atoms with Crippen molar-refractivity contribution in [2.75, 3.05) is 13.7 Å². The third kappa shape index (κ3) is 2.01. The van der Waals surface area contributed by atoms with Crippen LogP contribution in [-0.2, 0) is 4.74 Å². The molecule has 0 aromatic carbocycles. The summed E-state index contributed by atoms with van der Waals surface area (Å²) in [5, 5.41) is 3.77. The van der Waals surface area contributed by atoms with Gasteiger partial charge in [0.25, 0.3) is 0 Å². The summed E-state index contributed by atoms with van der Waals surface area (Å²) in [6, 6.07) is 0. The minimum absolute atomic E-state index is 0.206. The average Bonchev–Trinajstić information content (AvgIpc) is 2.36. The van der Waals surface area contributed by atoms with Gasteiger partial charge in [0, 0.05) is 20.0 Å². The van der Waals surface area contributed by atoms with Crippen LogP contribution in [0.3, 0.4) is 0 Å². The van der Waals surface area contributed by atoms with Gasteiger partial charge in [-0.05, 0) is 0 Å². The summed E-state index contributed by atoms with van der Waals surface area (Å²) < 4.78 is 9.76. The lowest BCUT2D eigenvalue weighted by Gasteiger charge is -2.02. The van der Waals surface area contributed by atoms with E-state index in [-0.39, 0.29) is 5.92 Å². The molecule has 0 aliphatic heterocycles. The molecule has 11 heavy (non-hydrogen) atoms. The number of aryl methyl sites for hydroxylation is 1. The molecule has 1 unspecified atom stereocenters. The van der Waals surface area contributed by atoms with Crippen LogP contribution in [0.1, 0.15) is 24.6 Å². The van der Waals surface area contributed by atoms with Crippen LogP contribution in [0.15, 0.2) is 4.52 Å². The fourth-order valence-electron chi connectivity index (χ4n) is 0.840. The molecule has 4 nitrogen and oxygen atoms in total. The second-order valence-corrected chi connectivity index (χ2v) is 2.53. The molecule has 0 aliphatic carbocycles. The minimum Gasteiger partial charge on any atom is -0.384 e. The molecule has 0 spiro atoms. The largest absolute Gasteiger partial charge is 0.384 e. The zero-order valence-corrected chi connectivity index (χ0v) is 7.00. The van der Waals surface area contributed by atoms with Crippen molar-refractivity contribution in [2.24, 2.45) is 0 Å². The fourth-order valence-corrected chi connectivity index (χ4v) is 0.840. The molecule has 0 fully saturated rings. The van der Waals surface area contributed by atoms with Gasteiger partial charge in [0.2, 0.25) is 5.89 Å². The van der Waals surface area contributed by atoms with Crippen molar-refractivity contribution in [3.8, 4) is 0 Å². The summed E-state index contributed by atoms with van der Waals surface area (Å²) in [7, 11) is 1.66. The summed E-state index contributed by atoms with van der Waals surface area (Å²) in [4.78, 5) is 4.07. The molecule has 1 aromatic rings. The molecule has 0 saturated carbocycles. The molecule has 0 N–H and O–H groups in total. The van der Waals surface area contributed by atoms with Crippen molar-refractivity contribution in [3.05, 3.63) is 11.7 Å². The van der Waals surface area contributed by atoms with E-state index < -0.39 is 0 Å². The van der Waals surface area contributed by atoms with Gasteiger partial charge in [-0.25, -0.2) is 0 Å². The van der Waals surface area contributed by atoms with E-state index in [2.05, 4.69) is 10.1 Å². The molecule has 62 valence electrons. The molecule has 1 rings (SSSR count). The fraction of sp³-hybridized carbons (Fsp3) is 0.714. The number of rotatable bonds is 3. The van der Waals surface area contributed by atoms with Crippen LogP contribution in [-0.4, -0.2) is 23.9 Å². The molecule has 0 radical (unpaired) electrons. The molecule has 0 amide bonds. The number of methoxy groups -OCH3 is 1. The number of aromatic nitrogens is 2. The third-order valence-corrected chi connectivity index (χ3v) is 1.40. The molecule has 0 saturated heterocycles. The molecule has 4 heteroatoms. The Bertz CT molecular complexity index is 222. The summed E-state index contributed by atoms with van der Waals surface area (Å²) in [5.41, 5.74) is 0. The normalized spacial score (nSPS) is 13.4.